The maximum atomic E-state index is 11.9. The molecule has 4 rings (SSSR count). The standard InChI is InChI=1S/C11H15F3N2O2.C10H12N4O.C4H10.C2H6/c1-10(2)6-4-16(5-7(6)10)8(17)3-15-9(18)11(12,13)14;1-7-9(10(4-11)12-6-15)5-13-14(7)8-2-3-8;1-4(2)3;1-2/h6-7H,3-5H2,1-2H3,(H,15,18);5-6,8,10H,2-3H2,1H3,(H,12,15);4H,1-3H3;1-2H3. The van der Waals surface area contributed by atoms with Gasteiger partial charge in [-0.2, -0.15) is 23.5 Å². The number of nitrogens with one attached hydrogen (secondary N) is 2. The van der Waals surface area contributed by atoms with Gasteiger partial charge in [-0.25, -0.2) is 0 Å². The van der Waals surface area contributed by atoms with E-state index in [0.29, 0.717) is 37.4 Å². The average Bonchev–Trinajstić information content (AvgIpc) is 3.64. The van der Waals surface area contributed by atoms with Crippen molar-refractivity contribution in [3.05, 3.63) is 17.5 Å². The Morgan fingerprint density at radius 2 is 1.72 bits per heavy atom. The quantitative estimate of drug-likeness (QED) is 0.506. The van der Waals surface area contributed by atoms with Crippen LogP contribution >= 0.6 is 0 Å². The summed E-state index contributed by atoms with van der Waals surface area (Å²) in [6, 6.07) is 1.94. The molecule has 1 aromatic heterocycles. The summed E-state index contributed by atoms with van der Waals surface area (Å²) in [4.78, 5) is 34.0. The number of aromatic nitrogens is 2. The van der Waals surface area contributed by atoms with Gasteiger partial charge in [-0.1, -0.05) is 48.5 Å². The lowest BCUT2D eigenvalue weighted by Crippen LogP contribution is -2.44. The third-order valence-electron chi connectivity index (χ3n) is 6.78. The summed E-state index contributed by atoms with van der Waals surface area (Å²) < 4.78 is 37.7. The summed E-state index contributed by atoms with van der Waals surface area (Å²) >= 11 is 0. The zero-order valence-electron chi connectivity index (χ0n) is 24.2. The Morgan fingerprint density at radius 1 is 1.21 bits per heavy atom. The number of carbonyl (C=O) groups is 3. The van der Waals surface area contributed by atoms with Gasteiger partial charge in [0.2, 0.25) is 12.3 Å². The predicted molar refractivity (Wildman–Crippen MR) is 141 cm³/mol. The Morgan fingerprint density at radius 3 is 2.13 bits per heavy atom. The van der Waals surface area contributed by atoms with E-state index in [4.69, 9.17) is 5.26 Å². The molecule has 1 aromatic rings. The molecule has 0 radical (unpaired) electrons. The number of nitriles is 1. The highest BCUT2D eigenvalue weighted by atomic mass is 19.4. The van der Waals surface area contributed by atoms with Crippen LogP contribution in [0.4, 0.5) is 13.2 Å². The molecule has 3 fully saturated rings. The highest BCUT2D eigenvalue weighted by Crippen LogP contribution is 2.61. The van der Waals surface area contributed by atoms with Crippen LogP contribution in [0.3, 0.4) is 0 Å². The van der Waals surface area contributed by atoms with Gasteiger partial charge >= 0.3 is 12.1 Å². The van der Waals surface area contributed by atoms with Gasteiger partial charge in [0, 0.05) is 24.3 Å². The van der Waals surface area contributed by atoms with E-state index in [-0.39, 0.29) is 5.41 Å². The van der Waals surface area contributed by atoms with E-state index in [1.807, 2.05) is 31.5 Å². The summed E-state index contributed by atoms with van der Waals surface area (Å²) in [5, 5.41) is 17.2. The first kappa shape index (κ1) is 33.9. The molecule has 12 heteroatoms. The number of hydrogen-bond acceptors (Lipinski definition) is 5. The number of rotatable bonds is 6. The van der Waals surface area contributed by atoms with Crippen LogP contribution in [-0.2, 0) is 14.4 Å². The van der Waals surface area contributed by atoms with E-state index in [1.54, 1.807) is 11.5 Å². The number of fused-ring (bicyclic) bond motifs is 1. The SMILES string of the molecule is CC.CC(C)C.CC1(C)C2CN(C(=O)CNC(=O)C(F)(F)F)CC21.Cc1c(C(C#N)NC=O)cnn1C1CC1. The van der Waals surface area contributed by atoms with E-state index in [2.05, 4.69) is 45.0 Å². The fourth-order valence-corrected chi connectivity index (χ4v) is 4.38. The number of amides is 3. The van der Waals surface area contributed by atoms with Crippen molar-refractivity contribution in [1.82, 2.24) is 25.3 Å². The highest BCUT2D eigenvalue weighted by Gasteiger charge is 2.62. The molecule has 3 atom stereocenters. The number of piperidine rings is 1. The van der Waals surface area contributed by atoms with Crippen LogP contribution in [0.25, 0.3) is 0 Å². The van der Waals surface area contributed by atoms with Gasteiger partial charge in [0.1, 0.15) is 6.04 Å². The summed E-state index contributed by atoms with van der Waals surface area (Å²) in [6.45, 7) is 17.2. The minimum atomic E-state index is -4.94. The van der Waals surface area contributed by atoms with E-state index in [0.717, 1.165) is 30.0 Å². The molecule has 2 heterocycles. The zero-order chi connectivity index (χ0) is 30.1. The first-order valence-electron chi connectivity index (χ1n) is 13.4. The molecule has 3 amide bonds. The maximum Gasteiger partial charge on any atom is 0.471 e. The van der Waals surface area contributed by atoms with Gasteiger partial charge in [0.05, 0.1) is 24.9 Å². The molecule has 2 aliphatic carbocycles. The van der Waals surface area contributed by atoms with Crippen LogP contribution in [0.2, 0.25) is 0 Å². The summed E-state index contributed by atoms with van der Waals surface area (Å²) in [7, 11) is 0. The van der Waals surface area contributed by atoms with Crippen molar-refractivity contribution in [1.29, 1.82) is 5.26 Å². The lowest BCUT2D eigenvalue weighted by molar-refractivity contribution is -0.174. The smallest absolute Gasteiger partial charge is 0.341 e. The van der Waals surface area contributed by atoms with Crippen molar-refractivity contribution in [2.45, 2.75) is 86.5 Å². The normalized spacial score (nSPS) is 20.8. The molecule has 9 nitrogen and oxygen atoms in total. The highest BCUT2D eigenvalue weighted by molar-refractivity contribution is 5.87. The molecule has 3 aliphatic rings. The summed E-state index contributed by atoms with van der Waals surface area (Å²) in [5.41, 5.74) is 2.00. The van der Waals surface area contributed by atoms with E-state index in [9.17, 15) is 27.6 Å². The Hall–Kier alpha value is -3.10. The number of nitrogens with zero attached hydrogens (tertiary/aromatic N) is 4. The first-order valence-corrected chi connectivity index (χ1v) is 13.4. The third-order valence-corrected chi connectivity index (χ3v) is 6.78. The van der Waals surface area contributed by atoms with Crippen molar-refractivity contribution in [2.24, 2.45) is 23.2 Å². The van der Waals surface area contributed by atoms with Crippen LogP contribution < -0.4 is 10.6 Å². The Labute approximate surface area is 229 Å². The van der Waals surface area contributed by atoms with Crippen LogP contribution in [0, 0.1) is 41.4 Å². The fourth-order valence-electron chi connectivity index (χ4n) is 4.38. The molecule has 1 aliphatic heterocycles. The van der Waals surface area contributed by atoms with Gasteiger partial charge in [-0.05, 0) is 42.9 Å². The molecular formula is C27H43F3N6O3. The Balaban J connectivity index is 0.000000328. The lowest BCUT2D eigenvalue weighted by atomic mass is 10.1. The molecule has 0 spiro atoms. The second-order valence-corrected chi connectivity index (χ2v) is 11.0. The van der Waals surface area contributed by atoms with Gasteiger partial charge in [-0.3, -0.25) is 19.1 Å². The van der Waals surface area contributed by atoms with E-state index < -0.39 is 30.6 Å². The monoisotopic (exact) mass is 556 g/mol. The fraction of sp³-hybridized carbons (Fsp3) is 0.741. The topological polar surface area (TPSA) is 120 Å². The number of hydrogen-bond donors (Lipinski definition) is 2. The van der Waals surface area contributed by atoms with Crippen molar-refractivity contribution >= 4 is 18.2 Å². The van der Waals surface area contributed by atoms with Crippen LogP contribution in [-0.4, -0.2) is 58.7 Å². The maximum absolute atomic E-state index is 11.9. The van der Waals surface area contributed by atoms with Gasteiger partial charge in [0.25, 0.3) is 0 Å². The van der Waals surface area contributed by atoms with Crippen LogP contribution in [0.15, 0.2) is 6.20 Å². The second kappa shape index (κ2) is 14.3. The molecule has 39 heavy (non-hydrogen) atoms. The Bertz CT molecular complexity index is 995. The second-order valence-electron chi connectivity index (χ2n) is 11.0. The molecule has 2 saturated carbocycles. The van der Waals surface area contributed by atoms with Crippen molar-refractivity contribution in [3.63, 3.8) is 0 Å². The molecule has 220 valence electrons. The molecule has 2 N–H and O–H groups in total. The largest absolute Gasteiger partial charge is 0.471 e. The molecule has 0 bridgehead atoms. The average molecular weight is 557 g/mol. The van der Waals surface area contributed by atoms with Crippen molar-refractivity contribution in [2.75, 3.05) is 19.6 Å². The van der Waals surface area contributed by atoms with Gasteiger partial charge in [-0.15, -0.1) is 0 Å². The molecule has 1 saturated heterocycles. The third kappa shape index (κ3) is 9.55. The number of halogens is 3. The summed E-state index contributed by atoms with van der Waals surface area (Å²) in [6.07, 6.45) is -0.421. The molecular weight excluding hydrogens is 513 g/mol. The van der Waals surface area contributed by atoms with Crippen molar-refractivity contribution < 1.29 is 27.6 Å². The molecule has 3 unspecified atom stereocenters. The van der Waals surface area contributed by atoms with Crippen LogP contribution in [0.5, 0.6) is 0 Å². The zero-order valence-corrected chi connectivity index (χ0v) is 24.2. The molecule has 0 aromatic carbocycles. The summed E-state index contributed by atoms with van der Waals surface area (Å²) in [5.74, 6) is -0.796. The lowest BCUT2D eigenvalue weighted by Gasteiger charge is -2.22. The van der Waals surface area contributed by atoms with Crippen molar-refractivity contribution in [3.8, 4) is 6.07 Å². The Kier molecular flexibility index (Phi) is 12.5. The van der Waals surface area contributed by atoms with Crippen LogP contribution in [0.1, 0.15) is 84.6 Å². The first-order chi connectivity index (χ1) is 18.1. The van der Waals surface area contributed by atoms with E-state index in [1.165, 1.54) is 4.90 Å². The minimum Gasteiger partial charge on any atom is -0.341 e. The van der Waals surface area contributed by atoms with E-state index >= 15 is 0 Å². The van der Waals surface area contributed by atoms with Gasteiger partial charge < -0.3 is 15.5 Å². The van der Waals surface area contributed by atoms with Gasteiger partial charge in [0.15, 0.2) is 0 Å². The number of likely N-dealkylation sites (tertiary alicyclic amines) is 1. The minimum absolute atomic E-state index is 0.242. The predicted octanol–water partition coefficient (Wildman–Crippen LogP) is 4.30. The number of carbonyl (C=O) groups excluding carboxylic acids is 3. The number of alkyl halides is 3.